The summed E-state index contributed by atoms with van der Waals surface area (Å²) < 4.78 is 93.1. The Morgan fingerprint density at radius 2 is 1.78 bits per heavy atom. The maximum absolute atomic E-state index is 15.8. The number of aryl methyl sites for hydroxylation is 1. The molecule has 0 saturated carbocycles. The van der Waals surface area contributed by atoms with Gasteiger partial charge >= 0.3 is 285 Å². The predicted molar refractivity (Wildman–Crippen MR) is 175 cm³/mol. The first kappa shape index (κ1) is 34.7. The van der Waals surface area contributed by atoms with Crippen LogP contribution in [-0.4, -0.2) is 67.4 Å². The van der Waals surface area contributed by atoms with E-state index in [9.17, 15) is 37.1 Å². The van der Waals surface area contributed by atoms with Gasteiger partial charge in [0.25, 0.3) is 0 Å². The average Bonchev–Trinajstić information content (AvgIpc) is 3.01. The molecule has 1 fully saturated rings. The second-order valence-corrected chi connectivity index (χ2v) is 16.8. The van der Waals surface area contributed by atoms with Gasteiger partial charge in [0, 0.05) is 0 Å². The number of aliphatic carboxylic acids is 1. The minimum atomic E-state index is -4.89. The summed E-state index contributed by atoms with van der Waals surface area (Å²) in [5, 5.41) is 12.3. The number of alkyl halides is 4. The zero-order valence-corrected chi connectivity index (χ0v) is 28.0. The van der Waals surface area contributed by atoms with Crippen LogP contribution in [0.4, 0.5) is 31.1 Å². The molecule has 15 heteroatoms. The maximum atomic E-state index is 15.8. The van der Waals surface area contributed by atoms with Gasteiger partial charge in [-0.3, -0.25) is 0 Å². The van der Waals surface area contributed by atoms with Gasteiger partial charge in [0.2, 0.25) is 0 Å². The van der Waals surface area contributed by atoms with Crippen molar-refractivity contribution in [3.63, 3.8) is 0 Å². The van der Waals surface area contributed by atoms with E-state index < -0.39 is 90.4 Å². The number of ether oxygens (including phenoxy) is 1. The van der Waals surface area contributed by atoms with Gasteiger partial charge in [-0.1, -0.05) is 0 Å². The van der Waals surface area contributed by atoms with Crippen LogP contribution >= 0.6 is 20.1 Å². The van der Waals surface area contributed by atoms with Gasteiger partial charge in [0.1, 0.15) is 0 Å². The van der Waals surface area contributed by atoms with Gasteiger partial charge in [-0.25, -0.2) is 0 Å². The molecule has 3 aliphatic heterocycles. The molecule has 260 valence electrons. The van der Waals surface area contributed by atoms with Crippen molar-refractivity contribution in [3.05, 3.63) is 92.6 Å². The zero-order chi connectivity index (χ0) is 35.2. The van der Waals surface area contributed by atoms with Crippen molar-refractivity contribution in [3.8, 4) is 22.6 Å². The van der Waals surface area contributed by atoms with Gasteiger partial charge in [0.15, 0.2) is 0 Å². The molecule has 4 bridgehead atoms. The minimum absolute atomic E-state index is 0.0602. The topological polar surface area (TPSA) is 99.2 Å². The Morgan fingerprint density at radius 1 is 1.04 bits per heavy atom. The number of likely N-dealkylation sites (tertiary alicyclic amines) is 1. The van der Waals surface area contributed by atoms with Crippen molar-refractivity contribution in [2.24, 2.45) is 5.92 Å². The van der Waals surface area contributed by atoms with Crippen LogP contribution in [0.3, 0.4) is 0 Å². The molecule has 3 aromatic carbocycles. The van der Waals surface area contributed by atoms with Crippen LogP contribution in [-0.2, 0) is 9.59 Å². The first-order valence-corrected chi connectivity index (χ1v) is 18.4. The van der Waals surface area contributed by atoms with E-state index in [0.29, 0.717) is 22.8 Å². The summed E-state index contributed by atoms with van der Waals surface area (Å²) in [6.45, 7) is 1.39. The number of rotatable bonds is 6. The number of hydrogen-bond acceptors (Lipinski definition) is 5. The van der Waals surface area contributed by atoms with E-state index in [1.807, 2.05) is 0 Å². The summed E-state index contributed by atoms with van der Waals surface area (Å²) >= 11 is -4.19. The fourth-order valence-corrected chi connectivity index (χ4v) is 11.3. The van der Waals surface area contributed by atoms with Crippen molar-refractivity contribution >= 4 is 35.9 Å². The number of hydrogen-bond donors (Lipinski definition) is 2. The molecule has 0 radical (unpaired) electrons. The molecule has 2 atom stereocenters. The molecule has 3 aliphatic rings. The van der Waals surface area contributed by atoms with Crippen LogP contribution < -0.4 is 10.1 Å². The summed E-state index contributed by atoms with van der Waals surface area (Å²) in [6.07, 6.45) is -6.49. The normalized spacial score (nSPS) is 20.9. The fourth-order valence-electron chi connectivity index (χ4n) is 6.21. The number of benzene rings is 3. The van der Waals surface area contributed by atoms with Crippen LogP contribution in [0, 0.1) is 28.0 Å². The number of carboxylic acids is 1. The summed E-state index contributed by atoms with van der Waals surface area (Å²) in [5.41, 5.74) is 0.348. The molecule has 0 aliphatic carbocycles. The third-order valence-electron chi connectivity index (χ3n) is 8.61. The Labute approximate surface area is 284 Å². The molecule has 0 aromatic heterocycles. The van der Waals surface area contributed by atoms with Gasteiger partial charge in [-0.15, -0.1) is 0 Å². The van der Waals surface area contributed by atoms with Crippen molar-refractivity contribution < 1.29 is 50.6 Å². The number of halogens is 7. The molecule has 49 heavy (non-hydrogen) atoms. The van der Waals surface area contributed by atoms with Crippen LogP contribution in [0.25, 0.3) is 11.1 Å². The second kappa shape index (κ2) is 13.7. The van der Waals surface area contributed by atoms with Crippen molar-refractivity contribution in [1.82, 2.24) is 13.3 Å². The zero-order valence-electron chi connectivity index (χ0n) is 25.9. The van der Waals surface area contributed by atoms with E-state index in [0.717, 1.165) is 15.2 Å². The molecule has 3 aromatic rings. The van der Waals surface area contributed by atoms with E-state index in [1.165, 1.54) is 24.3 Å². The Kier molecular flexibility index (Phi) is 9.68. The number of carbonyl (C=O) groups excluding carboxylic acids is 2. The molecule has 2 amide bonds. The van der Waals surface area contributed by atoms with Crippen molar-refractivity contribution in [2.45, 2.75) is 38.2 Å². The van der Waals surface area contributed by atoms with Gasteiger partial charge < -0.3 is 0 Å². The van der Waals surface area contributed by atoms with E-state index in [-0.39, 0.29) is 46.7 Å². The first-order valence-electron chi connectivity index (χ1n) is 15.3. The SMILES string of the molecule is Cc1cccc2c1-c1ccc(F)c(c1)[C@H](CC(=O)O)NC(=O)I(N1CC(CCN3CC(F)C3)C(C(F)(F)F)=CC1=O)c1cc(ccc1F)O2. The summed E-state index contributed by atoms with van der Waals surface area (Å²) in [5.74, 6) is -5.34. The Balaban J connectivity index is 1.49. The van der Waals surface area contributed by atoms with E-state index in [4.69, 9.17) is 4.74 Å². The monoisotopic (exact) mass is 801 g/mol. The Morgan fingerprint density at radius 3 is 2.47 bits per heavy atom. The molecule has 2 N–H and O–H groups in total. The molecule has 8 nitrogen and oxygen atoms in total. The van der Waals surface area contributed by atoms with Gasteiger partial charge in [-0.05, 0) is 0 Å². The van der Waals surface area contributed by atoms with E-state index >= 15 is 8.78 Å². The van der Waals surface area contributed by atoms with Crippen molar-refractivity contribution in [1.29, 1.82) is 0 Å². The molecular formula is C34H30F6IN3O5. The fraction of sp³-hybridized carbons (Fsp3) is 0.324. The summed E-state index contributed by atoms with van der Waals surface area (Å²) in [4.78, 5) is 41.4. The third kappa shape index (κ3) is 7.27. The number of nitrogens with zero attached hydrogens (tertiary/aromatic N) is 2. The Hall–Kier alpha value is -4.12. The van der Waals surface area contributed by atoms with Crippen LogP contribution in [0.2, 0.25) is 0 Å². The summed E-state index contributed by atoms with van der Waals surface area (Å²) in [7, 11) is 0. The summed E-state index contributed by atoms with van der Waals surface area (Å²) in [6, 6.07) is 11.1. The molecular weight excluding hydrogens is 771 g/mol. The molecule has 1 unspecified atom stereocenters. The molecule has 0 spiro atoms. The number of fused-ring (bicyclic) bond motifs is 6. The number of nitrogens with one attached hydrogen (secondary N) is 1. The second-order valence-electron chi connectivity index (χ2n) is 12.0. The van der Waals surface area contributed by atoms with Crippen LogP contribution in [0.5, 0.6) is 11.5 Å². The Bertz CT molecular complexity index is 1850. The first-order chi connectivity index (χ1) is 23.2. The van der Waals surface area contributed by atoms with Crippen LogP contribution in [0.1, 0.15) is 30.0 Å². The molecule has 6 rings (SSSR count). The quantitative estimate of drug-likeness (QED) is 0.0879. The molecule has 1 saturated heterocycles. The average molecular weight is 802 g/mol. The van der Waals surface area contributed by atoms with E-state index in [1.54, 1.807) is 30.0 Å². The predicted octanol–water partition coefficient (Wildman–Crippen LogP) is 7.55. The van der Waals surface area contributed by atoms with Gasteiger partial charge in [-0.2, -0.15) is 0 Å². The number of carboxylic acid groups (broad SMARTS) is 1. The number of carbonyl (C=O) groups is 3. The molecule has 3 heterocycles. The van der Waals surface area contributed by atoms with Crippen molar-refractivity contribution in [2.75, 3.05) is 26.2 Å². The standard InChI is InChI=1S/C34H30F6IN3O5/c1-18-3-2-4-29-32(18)19-5-7-25(36)23(11-19)28(14-31(46)47)42-33(48)41(27-12-22(49-29)6-8-26(27)37)44-15-20(9-10-43-16-21(35)17-43)24(13-30(44)45)34(38,39)40/h2-8,11-13,20-21,28H,9-10,14-17H2,1H3,(H,42,48)(H,46,47)/t20?,28-/m0/s1. The van der Waals surface area contributed by atoms with Crippen LogP contribution in [0.15, 0.2) is 66.2 Å². The van der Waals surface area contributed by atoms with Gasteiger partial charge in [0.05, 0.1) is 0 Å². The number of amides is 2. The third-order valence-corrected chi connectivity index (χ3v) is 13.8. The van der Waals surface area contributed by atoms with E-state index in [2.05, 4.69) is 5.32 Å².